The number of hydrogen-bond donors (Lipinski definition) is 3. The number of hydrogen-bond acceptors (Lipinski definition) is 5. The van der Waals surface area contributed by atoms with E-state index in [-0.39, 0.29) is 36.3 Å². The third-order valence-corrected chi connectivity index (χ3v) is 9.58. The lowest BCUT2D eigenvalue weighted by atomic mass is 9.66. The Bertz CT molecular complexity index is 1030. The van der Waals surface area contributed by atoms with Crippen molar-refractivity contribution >= 4 is 23.4 Å². The normalized spacial score (nSPS) is 34.8. The van der Waals surface area contributed by atoms with Gasteiger partial charge in [-0.05, 0) is 50.7 Å². The monoisotopic (exact) mass is 511 g/mol. The molecule has 2 bridgehead atoms. The molecule has 1 saturated carbocycles. The van der Waals surface area contributed by atoms with E-state index in [9.17, 15) is 19.5 Å². The van der Waals surface area contributed by atoms with Crippen molar-refractivity contribution < 1.29 is 24.2 Å². The van der Waals surface area contributed by atoms with Gasteiger partial charge in [0.15, 0.2) is 0 Å². The highest BCUT2D eigenvalue weighted by Crippen LogP contribution is 2.63. The molecular weight excluding hydrogens is 470 g/mol. The molecule has 3 N–H and O–H groups in total. The molecule has 2 unspecified atom stereocenters. The Morgan fingerprint density at radius 3 is 2.49 bits per heavy atom. The minimum Gasteiger partial charge on any atom is -0.394 e. The van der Waals surface area contributed by atoms with Crippen LogP contribution < -0.4 is 10.6 Å². The average molecular weight is 512 g/mol. The van der Waals surface area contributed by atoms with Crippen LogP contribution in [-0.2, 0) is 19.1 Å². The smallest absolute Gasteiger partial charge is 0.246 e. The third-order valence-electron chi connectivity index (χ3n) is 9.58. The molecule has 3 heterocycles. The average Bonchev–Trinajstić information content (AvgIpc) is 3.46. The number of benzene rings is 1. The first-order chi connectivity index (χ1) is 17.8. The first kappa shape index (κ1) is 26.2. The summed E-state index contributed by atoms with van der Waals surface area (Å²) in [5, 5.41) is 16.7. The van der Waals surface area contributed by atoms with Gasteiger partial charge in [0.2, 0.25) is 17.7 Å². The fourth-order valence-electron chi connectivity index (χ4n) is 7.50. The third kappa shape index (κ3) is 4.26. The van der Waals surface area contributed by atoms with E-state index in [1.807, 2.05) is 51.1 Å². The molecule has 1 aromatic carbocycles. The molecule has 8 heteroatoms. The van der Waals surface area contributed by atoms with Gasteiger partial charge in [0.1, 0.15) is 11.6 Å². The van der Waals surface area contributed by atoms with E-state index in [1.165, 1.54) is 6.42 Å². The van der Waals surface area contributed by atoms with Crippen molar-refractivity contribution in [3.63, 3.8) is 0 Å². The van der Waals surface area contributed by atoms with Crippen molar-refractivity contribution in [2.45, 2.75) is 101 Å². The minimum absolute atomic E-state index is 0.0152. The van der Waals surface area contributed by atoms with Gasteiger partial charge in [0.05, 0.1) is 30.1 Å². The van der Waals surface area contributed by atoms with Crippen LogP contribution >= 0.6 is 0 Å². The number of aliphatic hydroxyl groups is 1. The number of rotatable bonds is 8. The van der Waals surface area contributed by atoms with Gasteiger partial charge < -0.3 is 25.4 Å². The van der Waals surface area contributed by atoms with E-state index in [0.717, 1.165) is 32.1 Å². The number of fused-ring (bicyclic) bond motifs is 1. The summed E-state index contributed by atoms with van der Waals surface area (Å²) in [5.74, 6) is -2.22. The number of nitrogens with one attached hydrogen (secondary N) is 2. The second kappa shape index (κ2) is 10.0. The van der Waals surface area contributed by atoms with Gasteiger partial charge in [-0.1, -0.05) is 57.7 Å². The lowest BCUT2D eigenvalue weighted by molar-refractivity contribution is -0.150. The van der Waals surface area contributed by atoms with Crippen molar-refractivity contribution in [1.29, 1.82) is 0 Å². The van der Waals surface area contributed by atoms with Crippen LogP contribution in [0, 0.1) is 17.8 Å². The molecule has 1 aromatic rings. The molecule has 0 aromatic heterocycles. The van der Waals surface area contributed by atoms with Crippen LogP contribution in [0.3, 0.4) is 0 Å². The zero-order valence-electron chi connectivity index (χ0n) is 22.2. The van der Waals surface area contributed by atoms with Crippen LogP contribution in [0.1, 0.15) is 72.1 Å². The Labute approximate surface area is 219 Å². The second-order valence-corrected chi connectivity index (χ2v) is 11.8. The Morgan fingerprint density at radius 1 is 1.14 bits per heavy atom. The summed E-state index contributed by atoms with van der Waals surface area (Å²) < 4.78 is 6.71. The molecule has 1 spiro atoms. The van der Waals surface area contributed by atoms with Crippen molar-refractivity contribution in [2.24, 2.45) is 17.8 Å². The van der Waals surface area contributed by atoms with Gasteiger partial charge in [-0.15, -0.1) is 0 Å². The van der Waals surface area contributed by atoms with E-state index in [1.54, 1.807) is 4.90 Å². The molecule has 3 amide bonds. The fraction of sp³-hybridized carbons (Fsp3) is 0.690. The number of ether oxygens (including phenoxy) is 1. The first-order valence-corrected chi connectivity index (χ1v) is 14.0. The minimum atomic E-state index is -1.08. The van der Waals surface area contributed by atoms with Crippen LogP contribution in [0.15, 0.2) is 30.3 Å². The number of carbonyl (C=O) groups is 3. The Morgan fingerprint density at radius 2 is 1.84 bits per heavy atom. The van der Waals surface area contributed by atoms with Crippen molar-refractivity contribution in [3.05, 3.63) is 30.3 Å². The molecule has 7 atom stereocenters. The summed E-state index contributed by atoms with van der Waals surface area (Å²) in [6, 6.07) is 7.91. The van der Waals surface area contributed by atoms with Crippen molar-refractivity contribution in [2.75, 3.05) is 11.9 Å². The van der Waals surface area contributed by atoms with Gasteiger partial charge in [0.25, 0.3) is 0 Å². The summed E-state index contributed by atoms with van der Waals surface area (Å²) in [6.07, 6.45) is 7.07. The highest BCUT2D eigenvalue weighted by molar-refractivity contribution is 6.02. The SMILES string of the molecule is CC[C@H](C)[C@H](CO)N1C(=O)[C@@H]2[C@@H](C(=O)Nc3ccccc3)[C@@]3(C)CCC2(O3)C1C(=O)NC1CCCCC1. The Balaban J connectivity index is 1.52. The molecule has 3 saturated heterocycles. The summed E-state index contributed by atoms with van der Waals surface area (Å²) in [4.78, 5) is 43.6. The molecule has 0 radical (unpaired) electrons. The van der Waals surface area contributed by atoms with Crippen LogP contribution in [0.2, 0.25) is 0 Å². The quantitative estimate of drug-likeness (QED) is 0.497. The first-order valence-electron chi connectivity index (χ1n) is 14.0. The maximum atomic E-state index is 14.3. The number of likely N-dealkylation sites (tertiary alicyclic amines) is 1. The predicted molar refractivity (Wildman–Crippen MR) is 139 cm³/mol. The molecule has 4 fully saturated rings. The summed E-state index contributed by atoms with van der Waals surface area (Å²) in [5.41, 5.74) is -1.25. The Kier molecular flexibility index (Phi) is 7.09. The summed E-state index contributed by atoms with van der Waals surface area (Å²) in [6.45, 7) is 5.68. The van der Waals surface area contributed by atoms with E-state index in [0.29, 0.717) is 18.5 Å². The van der Waals surface area contributed by atoms with Gasteiger partial charge in [-0.3, -0.25) is 14.4 Å². The lowest BCUT2D eigenvalue weighted by Gasteiger charge is -2.40. The number of aliphatic hydroxyl groups excluding tert-OH is 1. The number of para-hydroxylation sites is 1. The molecule has 202 valence electrons. The summed E-state index contributed by atoms with van der Waals surface area (Å²) >= 11 is 0. The second-order valence-electron chi connectivity index (χ2n) is 11.8. The maximum Gasteiger partial charge on any atom is 0.246 e. The van der Waals surface area contributed by atoms with Gasteiger partial charge in [-0.25, -0.2) is 0 Å². The van der Waals surface area contributed by atoms with Crippen molar-refractivity contribution in [3.8, 4) is 0 Å². The molecule has 37 heavy (non-hydrogen) atoms. The largest absolute Gasteiger partial charge is 0.394 e. The molecule has 5 rings (SSSR count). The van der Waals surface area contributed by atoms with Gasteiger partial charge in [-0.2, -0.15) is 0 Å². The highest BCUT2D eigenvalue weighted by atomic mass is 16.5. The lowest BCUT2D eigenvalue weighted by Crippen LogP contribution is -2.60. The number of nitrogens with zero attached hydrogens (tertiary/aromatic N) is 1. The standard InChI is InChI=1S/C29H41N3O5/c1-4-18(2)21(17-33)32-24(26(35)31-20-13-9-6-10-14-20)29-16-15-28(3,37-29)22(23(29)27(32)36)25(34)30-19-11-7-5-8-12-19/h5,7-8,11-12,18,20-24,33H,4,6,9-10,13-17H2,1-3H3,(H,30,34)(H,31,35)/t18-,21-,22-,23-,24?,28+,29?/m0/s1. The molecule has 1 aliphatic carbocycles. The van der Waals surface area contributed by atoms with Gasteiger partial charge in [0, 0.05) is 11.7 Å². The topological polar surface area (TPSA) is 108 Å². The number of anilines is 1. The molecule has 8 nitrogen and oxygen atoms in total. The fourth-order valence-corrected chi connectivity index (χ4v) is 7.50. The van der Waals surface area contributed by atoms with Crippen LogP contribution in [0.25, 0.3) is 0 Å². The van der Waals surface area contributed by atoms with Crippen LogP contribution in [0.5, 0.6) is 0 Å². The number of carbonyl (C=O) groups excluding carboxylic acids is 3. The Hall–Kier alpha value is -2.45. The van der Waals surface area contributed by atoms with E-state index < -0.39 is 35.1 Å². The van der Waals surface area contributed by atoms with Crippen LogP contribution in [-0.4, -0.2) is 63.7 Å². The summed E-state index contributed by atoms with van der Waals surface area (Å²) in [7, 11) is 0. The zero-order chi connectivity index (χ0) is 26.4. The van der Waals surface area contributed by atoms with Crippen LogP contribution in [0.4, 0.5) is 5.69 Å². The molecule has 3 aliphatic heterocycles. The van der Waals surface area contributed by atoms with Gasteiger partial charge >= 0.3 is 0 Å². The molecule has 4 aliphatic rings. The van der Waals surface area contributed by atoms with E-state index in [2.05, 4.69) is 10.6 Å². The van der Waals surface area contributed by atoms with E-state index >= 15 is 0 Å². The molecular formula is C29H41N3O5. The maximum absolute atomic E-state index is 14.3. The van der Waals surface area contributed by atoms with E-state index in [4.69, 9.17) is 4.74 Å². The zero-order valence-corrected chi connectivity index (χ0v) is 22.2. The number of amides is 3. The predicted octanol–water partition coefficient (Wildman–Crippen LogP) is 3.25. The highest BCUT2D eigenvalue weighted by Gasteiger charge is 2.78. The van der Waals surface area contributed by atoms with Crippen molar-refractivity contribution in [1.82, 2.24) is 10.2 Å².